The first kappa shape index (κ1) is 30.7. The summed E-state index contributed by atoms with van der Waals surface area (Å²) in [6.07, 6.45) is 6.78. The summed E-state index contributed by atoms with van der Waals surface area (Å²) in [5.41, 5.74) is 8.79. The van der Waals surface area contributed by atoms with Crippen molar-refractivity contribution in [2.75, 3.05) is 6.54 Å². The minimum atomic E-state index is -1.20. The van der Waals surface area contributed by atoms with E-state index in [-0.39, 0.29) is 35.0 Å². The first-order chi connectivity index (χ1) is 21.1. The van der Waals surface area contributed by atoms with Crippen LogP contribution in [0.4, 0.5) is 8.78 Å². The maximum absolute atomic E-state index is 15.2. The average molecular weight is 601 g/mol. The second kappa shape index (κ2) is 12.8. The molecular weight excluding hydrogens is 566 g/mol. The molecule has 8 nitrogen and oxygen atoms in total. The molecule has 5 rings (SSSR count). The molecule has 2 atom stereocenters. The molecule has 0 radical (unpaired) electrons. The van der Waals surface area contributed by atoms with Crippen LogP contribution >= 0.6 is 0 Å². The van der Waals surface area contributed by atoms with E-state index in [1.165, 1.54) is 30.3 Å². The number of nitrogens with two attached hydrogens (primary N) is 1. The van der Waals surface area contributed by atoms with E-state index in [9.17, 15) is 15.0 Å². The van der Waals surface area contributed by atoms with Crippen LogP contribution in [0.2, 0.25) is 0 Å². The van der Waals surface area contributed by atoms with Crippen molar-refractivity contribution in [1.29, 1.82) is 0 Å². The highest BCUT2D eigenvalue weighted by molar-refractivity contribution is 5.95. The van der Waals surface area contributed by atoms with Gasteiger partial charge in [0.25, 0.3) is 0 Å². The van der Waals surface area contributed by atoms with Gasteiger partial charge in [-0.25, -0.2) is 18.6 Å². The Balaban J connectivity index is 1.51. The Kier molecular flexibility index (Phi) is 8.93. The van der Waals surface area contributed by atoms with E-state index in [1.807, 2.05) is 25.1 Å². The number of hydrogen-bond acceptors (Lipinski definition) is 5. The van der Waals surface area contributed by atoms with Gasteiger partial charge in [-0.3, -0.25) is 0 Å². The Morgan fingerprint density at radius 1 is 1.16 bits per heavy atom. The van der Waals surface area contributed by atoms with Crippen LogP contribution in [-0.4, -0.2) is 43.8 Å². The highest BCUT2D eigenvalue weighted by Gasteiger charge is 2.31. The molecule has 0 fully saturated rings. The van der Waals surface area contributed by atoms with E-state index in [4.69, 9.17) is 10.5 Å². The lowest BCUT2D eigenvalue weighted by atomic mass is 9.75. The molecule has 0 aliphatic carbocycles. The molecule has 6 N–H and O–H groups in total. The largest absolute Gasteiger partial charge is 0.478 e. The van der Waals surface area contributed by atoms with Crippen molar-refractivity contribution in [1.82, 2.24) is 15.0 Å². The third-order valence-electron chi connectivity index (χ3n) is 7.92. The minimum absolute atomic E-state index is 0.115. The van der Waals surface area contributed by atoms with Crippen LogP contribution in [0.3, 0.4) is 0 Å². The number of carboxylic acids is 1. The molecule has 0 spiro atoms. The third-order valence-corrected chi connectivity index (χ3v) is 7.92. The molecule has 0 aliphatic heterocycles. The normalized spacial score (nSPS) is 13.8. The second-order valence-electron chi connectivity index (χ2n) is 11.1. The number of aryl methyl sites for hydroxylation is 1. The predicted octanol–water partition coefficient (Wildman–Crippen LogP) is 6.83. The summed E-state index contributed by atoms with van der Waals surface area (Å²) < 4.78 is 36.4. The van der Waals surface area contributed by atoms with E-state index in [1.54, 1.807) is 18.5 Å². The monoisotopic (exact) mass is 600 g/mol. The van der Waals surface area contributed by atoms with Gasteiger partial charge in [-0.2, -0.15) is 0 Å². The number of fused-ring (bicyclic) bond motifs is 1. The molecule has 44 heavy (non-hydrogen) atoms. The maximum Gasteiger partial charge on any atom is 0.328 e. The molecule has 2 unspecified atom stereocenters. The first-order valence-electron chi connectivity index (χ1n) is 14.3. The molecule has 0 saturated carbocycles. The van der Waals surface area contributed by atoms with Gasteiger partial charge in [0.15, 0.2) is 11.6 Å². The van der Waals surface area contributed by atoms with Crippen LogP contribution in [0.25, 0.3) is 28.4 Å². The molecule has 3 aromatic carbocycles. The van der Waals surface area contributed by atoms with Gasteiger partial charge in [-0.1, -0.05) is 29.8 Å². The lowest BCUT2D eigenvalue weighted by Crippen LogP contribution is -2.26. The third kappa shape index (κ3) is 6.41. The summed E-state index contributed by atoms with van der Waals surface area (Å²) >= 11 is 0. The van der Waals surface area contributed by atoms with Gasteiger partial charge in [0.2, 0.25) is 0 Å². The Bertz CT molecular complexity index is 1830. The summed E-state index contributed by atoms with van der Waals surface area (Å²) in [6, 6.07) is 15.1. The van der Waals surface area contributed by atoms with Crippen LogP contribution in [0.1, 0.15) is 48.6 Å². The van der Waals surface area contributed by atoms with Crippen LogP contribution in [-0.2, 0) is 10.2 Å². The number of aliphatic hydroxyl groups excluding tert-OH is 1. The summed E-state index contributed by atoms with van der Waals surface area (Å²) in [5, 5.41) is 19.8. The zero-order chi connectivity index (χ0) is 31.4. The smallest absolute Gasteiger partial charge is 0.328 e. The number of halogens is 2. The topological polar surface area (TPSA) is 137 Å². The molecule has 0 aliphatic rings. The van der Waals surface area contributed by atoms with Gasteiger partial charge in [0, 0.05) is 58.7 Å². The van der Waals surface area contributed by atoms with Gasteiger partial charge in [-0.05, 0) is 69.0 Å². The molecule has 10 heteroatoms. The zero-order valence-corrected chi connectivity index (χ0v) is 24.4. The number of rotatable bonds is 12. The molecular formula is C34H34F2N4O4. The van der Waals surface area contributed by atoms with E-state index in [0.29, 0.717) is 30.2 Å². The number of hydrogen-bond donors (Lipinski definition) is 5. The van der Waals surface area contributed by atoms with Crippen molar-refractivity contribution >= 4 is 22.9 Å². The summed E-state index contributed by atoms with van der Waals surface area (Å²) in [4.78, 5) is 21.9. The number of H-pyrrole nitrogens is 2. The number of carboxylic acid groups (broad SMARTS) is 1. The second-order valence-corrected chi connectivity index (χ2v) is 11.1. The van der Waals surface area contributed by atoms with Gasteiger partial charge in [0.05, 0.1) is 11.7 Å². The molecule has 5 aromatic rings. The van der Waals surface area contributed by atoms with Gasteiger partial charge in [0.1, 0.15) is 17.4 Å². The van der Waals surface area contributed by atoms with E-state index >= 15 is 8.78 Å². The fraction of sp³-hybridized carbons (Fsp3) is 0.235. The standard InChI is InChI=1S/C34H34F2N4O4/c1-20-5-3-6-21(15-20)34(2,13-4-7-22(41)18-37)30-19-39-33(40-30)26-16-23(8-10-27(26)35)44-32-25(9-11-31(42)43)24-12-14-38-29(24)17-28(32)36/h3,5-6,8-12,14-17,19,22,38,41H,4,7,13,18,37H2,1-2H3,(H,39,40)(H,42,43)/b11-9+. The number of aliphatic hydroxyl groups is 1. The Morgan fingerprint density at radius 2 is 1.98 bits per heavy atom. The number of nitrogens with one attached hydrogen (secondary N) is 2. The van der Waals surface area contributed by atoms with E-state index < -0.39 is 29.1 Å². The Hall–Kier alpha value is -4.80. The molecule has 2 heterocycles. The molecule has 0 saturated heterocycles. The van der Waals surface area contributed by atoms with Crippen LogP contribution in [0.15, 0.2) is 73.1 Å². The van der Waals surface area contributed by atoms with Crippen LogP contribution < -0.4 is 10.5 Å². The zero-order valence-electron chi connectivity index (χ0n) is 24.4. The van der Waals surface area contributed by atoms with E-state index in [2.05, 4.69) is 27.9 Å². The van der Waals surface area contributed by atoms with Crippen LogP contribution in [0, 0.1) is 18.6 Å². The molecule has 0 bridgehead atoms. The van der Waals surface area contributed by atoms with Crippen LogP contribution in [0.5, 0.6) is 11.5 Å². The highest BCUT2D eigenvalue weighted by Crippen LogP contribution is 2.39. The molecule has 2 aromatic heterocycles. The SMILES string of the molecule is Cc1cccc(C(C)(CCCC(O)CN)c2cnc(-c3cc(Oc4c(F)cc5[nH]ccc5c4/C=C/C(=O)O)ccc3F)[nH]2)c1. The fourth-order valence-corrected chi connectivity index (χ4v) is 5.44. The van der Waals surface area contributed by atoms with Crippen molar-refractivity contribution in [3.63, 3.8) is 0 Å². The first-order valence-corrected chi connectivity index (χ1v) is 14.3. The van der Waals surface area contributed by atoms with Crippen molar-refractivity contribution in [3.8, 4) is 22.9 Å². The average Bonchev–Trinajstić information content (AvgIpc) is 3.68. The minimum Gasteiger partial charge on any atom is -0.478 e. The number of aromatic nitrogens is 3. The maximum atomic E-state index is 15.2. The van der Waals surface area contributed by atoms with Gasteiger partial charge in [-0.15, -0.1) is 0 Å². The summed E-state index contributed by atoms with van der Waals surface area (Å²) in [7, 11) is 0. The quantitative estimate of drug-likeness (QED) is 0.0996. The van der Waals surface area contributed by atoms with Crippen molar-refractivity contribution in [2.24, 2.45) is 5.73 Å². The van der Waals surface area contributed by atoms with Crippen molar-refractivity contribution in [3.05, 3.63) is 107 Å². The predicted molar refractivity (Wildman–Crippen MR) is 166 cm³/mol. The summed E-state index contributed by atoms with van der Waals surface area (Å²) in [5.74, 6) is -2.28. The number of aromatic amines is 2. The van der Waals surface area contributed by atoms with E-state index in [0.717, 1.165) is 22.9 Å². The van der Waals surface area contributed by atoms with Gasteiger partial charge >= 0.3 is 5.97 Å². The number of benzene rings is 3. The fourth-order valence-electron chi connectivity index (χ4n) is 5.44. The lowest BCUT2D eigenvalue weighted by molar-refractivity contribution is -0.131. The van der Waals surface area contributed by atoms with Crippen molar-refractivity contribution < 1.29 is 28.5 Å². The Morgan fingerprint density at radius 3 is 2.73 bits per heavy atom. The van der Waals surface area contributed by atoms with Gasteiger partial charge < -0.3 is 30.7 Å². The summed E-state index contributed by atoms with van der Waals surface area (Å²) in [6.45, 7) is 4.28. The molecule has 228 valence electrons. The number of nitrogens with zero attached hydrogens (tertiary/aromatic N) is 1. The number of carbonyl (C=O) groups is 1. The number of ether oxygens (including phenoxy) is 1. The highest BCUT2D eigenvalue weighted by atomic mass is 19.1. The van der Waals surface area contributed by atoms with Crippen molar-refractivity contribution in [2.45, 2.75) is 44.6 Å². The molecule has 0 amide bonds. The lowest BCUT2D eigenvalue weighted by Gasteiger charge is -2.30. The Labute approximate surface area is 253 Å². The number of aliphatic carboxylic acids is 1. The number of imidazole rings is 1.